The van der Waals surface area contributed by atoms with Crippen molar-refractivity contribution >= 4 is 35.3 Å². The topological polar surface area (TPSA) is 92.9 Å². The Morgan fingerprint density at radius 2 is 1.77 bits per heavy atom. The molecule has 1 aliphatic heterocycles. The van der Waals surface area contributed by atoms with E-state index in [0.29, 0.717) is 17.4 Å². The van der Waals surface area contributed by atoms with Crippen LogP contribution in [0.15, 0.2) is 35.5 Å². The lowest BCUT2D eigenvalue weighted by Gasteiger charge is -2.37. The molecule has 1 aromatic carbocycles. The average Bonchev–Trinajstić information content (AvgIpc) is 3.40. The van der Waals surface area contributed by atoms with Crippen LogP contribution in [0.3, 0.4) is 0 Å². The summed E-state index contributed by atoms with van der Waals surface area (Å²) in [6.45, 7) is 0. The standard InChI is InChI=1S/C18H14ClN3O4/c19-13-4-1-8(5-14(13)22(25)26)7-20-21-17(23)15-9-2-3-10(12-6-11(9)12)16(15)18(21)24/h1-5,7,9-12,15-16H,6H2/b20-7+/t9-,10-,11-,12-,15+,16+/m1/s1. The number of rotatable bonds is 3. The fourth-order valence-corrected chi connectivity index (χ4v) is 5.12. The molecule has 2 amide bonds. The number of imide groups is 1. The van der Waals surface area contributed by atoms with E-state index in [1.165, 1.54) is 18.3 Å². The molecule has 26 heavy (non-hydrogen) atoms. The lowest BCUT2D eigenvalue weighted by atomic mass is 9.63. The van der Waals surface area contributed by atoms with Gasteiger partial charge in [-0.3, -0.25) is 19.7 Å². The molecule has 2 bridgehead atoms. The summed E-state index contributed by atoms with van der Waals surface area (Å²) in [6.07, 6.45) is 6.60. The van der Waals surface area contributed by atoms with Crippen LogP contribution < -0.4 is 0 Å². The van der Waals surface area contributed by atoms with Crippen LogP contribution in [0, 0.1) is 45.6 Å². The van der Waals surface area contributed by atoms with E-state index in [1.54, 1.807) is 6.07 Å². The van der Waals surface area contributed by atoms with Crippen LogP contribution in [0.1, 0.15) is 12.0 Å². The first-order valence-corrected chi connectivity index (χ1v) is 8.89. The minimum absolute atomic E-state index is 0.0216. The van der Waals surface area contributed by atoms with Crippen LogP contribution in [0.5, 0.6) is 0 Å². The molecule has 0 radical (unpaired) electrons. The highest BCUT2D eigenvalue weighted by molar-refractivity contribution is 6.32. The number of nitro groups is 1. The Kier molecular flexibility index (Phi) is 3.16. The molecule has 3 fully saturated rings. The Morgan fingerprint density at radius 1 is 1.15 bits per heavy atom. The Labute approximate surface area is 153 Å². The molecule has 0 aromatic heterocycles. The van der Waals surface area contributed by atoms with E-state index in [2.05, 4.69) is 17.3 Å². The fraction of sp³-hybridized carbons (Fsp3) is 0.389. The highest BCUT2D eigenvalue weighted by atomic mass is 35.5. The monoisotopic (exact) mass is 371 g/mol. The van der Waals surface area contributed by atoms with Crippen molar-refractivity contribution in [2.45, 2.75) is 6.42 Å². The van der Waals surface area contributed by atoms with Crippen LogP contribution in [0.25, 0.3) is 0 Å². The molecule has 2 saturated carbocycles. The quantitative estimate of drug-likeness (QED) is 0.268. The Hall–Kier alpha value is -2.54. The second kappa shape index (κ2) is 5.23. The molecule has 6 rings (SSSR count). The number of nitro benzene ring substituents is 1. The van der Waals surface area contributed by atoms with Gasteiger partial charge in [-0.1, -0.05) is 29.8 Å². The van der Waals surface area contributed by atoms with Crippen molar-refractivity contribution in [3.63, 3.8) is 0 Å². The Morgan fingerprint density at radius 3 is 2.35 bits per heavy atom. The zero-order valence-corrected chi connectivity index (χ0v) is 14.2. The minimum atomic E-state index is -0.587. The van der Waals surface area contributed by atoms with Crippen molar-refractivity contribution in [3.05, 3.63) is 51.1 Å². The third-order valence-corrected chi connectivity index (χ3v) is 6.45. The molecule has 6 atom stereocenters. The van der Waals surface area contributed by atoms with Crippen molar-refractivity contribution in [2.75, 3.05) is 0 Å². The highest BCUT2D eigenvalue weighted by Gasteiger charge is 2.67. The van der Waals surface area contributed by atoms with Gasteiger partial charge in [0.25, 0.3) is 17.5 Å². The lowest BCUT2D eigenvalue weighted by molar-refractivity contribution is -0.384. The van der Waals surface area contributed by atoms with Gasteiger partial charge in [-0.25, -0.2) is 0 Å². The van der Waals surface area contributed by atoms with Crippen LogP contribution >= 0.6 is 11.6 Å². The second-order valence-electron chi connectivity index (χ2n) is 7.36. The van der Waals surface area contributed by atoms with Gasteiger partial charge in [-0.2, -0.15) is 10.1 Å². The van der Waals surface area contributed by atoms with E-state index in [-0.39, 0.29) is 46.2 Å². The van der Waals surface area contributed by atoms with Crippen molar-refractivity contribution in [1.29, 1.82) is 0 Å². The summed E-state index contributed by atoms with van der Waals surface area (Å²) < 4.78 is 0. The van der Waals surface area contributed by atoms with E-state index in [4.69, 9.17) is 11.6 Å². The largest absolute Gasteiger partial charge is 0.288 e. The summed E-state index contributed by atoms with van der Waals surface area (Å²) in [5.74, 6) is 0.216. The lowest BCUT2D eigenvalue weighted by Crippen LogP contribution is -2.40. The van der Waals surface area contributed by atoms with Gasteiger partial charge in [0, 0.05) is 11.6 Å². The number of carbonyl (C=O) groups excluding carboxylic acids is 2. The van der Waals surface area contributed by atoms with E-state index in [9.17, 15) is 19.7 Å². The maximum Gasteiger partial charge on any atom is 0.288 e. The van der Waals surface area contributed by atoms with Crippen molar-refractivity contribution in [3.8, 4) is 0 Å². The number of amides is 2. The van der Waals surface area contributed by atoms with Gasteiger partial charge >= 0.3 is 0 Å². The second-order valence-corrected chi connectivity index (χ2v) is 7.76. The third kappa shape index (κ3) is 2.03. The smallest absolute Gasteiger partial charge is 0.272 e. The number of nitrogens with zero attached hydrogens (tertiary/aromatic N) is 3. The highest BCUT2D eigenvalue weighted by Crippen LogP contribution is 2.65. The molecule has 132 valence electrons. The first kappa shape index (κ1) is 15.7. The average molecular weight is 372 g/mol. The summed E-state index contributed by atoms with van der Waals surface area (Å²) in [5, 5.41) is 16.0. The van der Waals surface area contributed by atoms with Crippen LogP contribution in [0.2, 0.25) is 5.02 Å². The Bertz CT molecular complexity index is 891. The molecule has 7 nitrogen and oxygen atoms in total. The molecule has 1 heterocycles. The predicted molar refractivity (Wildman–Crippen MR) is 92.3 cm³/mol. The zero-order valence-electron chi connectivity index (χ0n) is 13.5. The van der Waals surface area contributed by atoms with Gasteiger partial charge in [0.2, 0.25) is 0 Å². The number of hydrogen-bond acceptors (Lipinski definition) is 5. The normalized spacial score (nSPS) is 36.6. The SMILES string of the molecule is O=C1[C@H]2[C@@H]3C=C[C@H]([C@H]4C[C@H]34)[C@@H]2C(=O)N1/N=C/c1ccc(Cl)c([N+](=O)[O-])c1. The minimum Gasteiger partial charge on any atom is -0.272 e. The summed E-state index contributed by atoms with van der Waals surface area (Å²) in [5.41, 5.74) is 0.159. The fourth-order valence-electron chi connectivity index (χ4n) is 4.93. The van der Waals surface area contributed by atoms with Gasteiger partial charge in [0.1, 0.15) is 5.02 Å². The number of hydrogen-bond donors (Lipinski definition) is 0. The first-order valence-electron chi connectivity index (χ1n) is 8.51. The van der Waals surface area contributed by atoms with Crippen molar-refractivity contribution in [2.24, 2.45) is 40.6 Å². The van der Waals surface area contributed by atoms with Crippen LogP contribution in [-0.4, -0.2) is 28.0 Å². The van der Waals surface area contributed by atoms with E-state index < -0.39 is 4.92 Å². The van der Waals surface area contributed by atoms with Gasteiger partial charge in [-0.05, 0) is 36.2 Å². The molecule has 8 heteroatoms. The van der Waals surface area contributed by atoms with Gasteiger partial charge in [0.05, 0.1) is 23.0 Å². The van der Waals surface area contributed by atoms with Gasteiger partial charge in [-0.15, -0.1) is 0 Å². The number of carbonyl (C=O) groups is 2. The van der Waals surface area contributed by atoms with Gasteiger partial charge < -0.3 is 0 Å². The number of hydrazone groups is 1. The molecule has 1 saturated heterocycles. The Balaban J connectivity index is 1.43. The van der Waals surface area contributed by atoms with E-state index >= 15 is 0 Å². The van der Waals surface area contributed by atoms with E-state index in [1.807, 2.05) is 0 Å². The summed E-state index contributed by atoms with van der Waals surface area (Å²) >= 11 is 5.79. The summed E-state index contributed by atoms with van der Waals surface area (Å²) in [6, 6.07) is 4.22. The molecular formula is C18H14ClN3O4. The summed E-state index contributed by atoms with van der Waals surface area (Å²) in [4.78, 5) is 36.0. The van der Waals surface area contributed by atoms with Crippen LogP contribution in [0.4, 0.5) is 5.69 Å². The molecule has 0 N–H and O–H groups in total. The van der Waals surface area contributed by atoms with Gasteiger partial charge in [0.15, 0.2) is 0 Å². The molecular weight excluding hydrogens is 358 g/mol. The van der Waals surface area contributed by atoms with Crippen molar-refractivity contribution in [1.82, 2.24) is 5.01 Å². The molecule has 1 aromatic rings. The predicted octanol–water partition coefficient (Wildman–Crippen LogP) is 2.64. The number of allylic oxidation sites excluding steroid dienone is 2. The first-order chi connectivity index (χ1) is 12.5. The maximum absolute atomic E-state index is 12.8. The zero-order chi connectivity index (χ0) is 18.2. The molecule has 0 unspecified atom stereocenters. The van der Waals surface area contributed by atoms with E-state index in [0.717, 1.165) is 11.4 Å². The molecule has 5 aliphatic rings. The molecule has 4 aliphatic carbocycles. The number of benzene rings is 1. The maximum atomic E-state index is 12.8. The molecule has 0 spiro atoms. The number of halogens is 1. The van der Waals surface area contributed by atoms with Crippen LogP contribution in [-0.2, 0) is 9.59 Å². The third-order valence-electron chi connectivity index (χ3n) is 6.13. The summed E-state index contributed by atoms with van der Waals surface area (Å²) in [7, 11) is 0. The van der Waals surface area contributed by atoms with Crippen molar-refractivity contribution < 1.29 is 14.5 Å².